The maximum Gasteiger partial charge on any atom is 0.239 e. The van der Waals surface area contributed by atoms with Gasteiger partial charge in [-0.3, -0.25) is 9.59 Å². The molecule has 1 atom stereocenters. The molecular formula is C28H37N3O3. The summed E-state index contributed by atoms with van der Waals surface area (Å²) >= 11 is 0. The van der Waals surface area contributed by atoms with Crippen LogP contribution in [0.4, 0.5) is 0 Å². The Labute approximate surface area is 202 Å². The molecule has 6 nitrogen and oxygen atoms in total. The van der Waals surface area contributed by atoms with Gasteiger partial charge in [0.2, 0.25) is 5.91 Å². The lowest BCUT2D eigenvalue weighted by molar-refractivity contribution is -0.137. The largest absolute Gasteiger partial charge is 0.486 e. The number of hydrogen-bond acceptors (Lipinski definition) is 5. The molecule has 0 unspecified atom stereocenters. The lowest BCUT2D eigenvalue weighted by Crippen LogP contribution is -2.57. The van der Waals surface area contributed by atoms with Crippen LogP contribution in [0.2, 0.25) is 0 Å². The Morgan fingerprint density at radius 2 is 1.79 bits per heavy atom. The van der Waals surface area contributed by atoms with Crippen molar-refractivity contribution in [3.05, 3.63) is 65.7 Å². The van der Waals surface area contributed by atoms with Crippen LogP contribution in [0.15, 0.2) is 54.6 Å². The van der Waals surface area contributed by atoms with E-state index in [1.54, 1.807) is 0 Å². The molecule has 2 heterocycles. The molecule has 1 amide bonds. The van der Waals surface area contributed by atoms with E-state index in [1.807, 2.05) is 61.2 Å². The van der Waals surface area contributed by atoms with Gasteiger partial charge in [-0.1, -0.05) is 42.5 Å². The van der Waals surface area contributed by atoms with Crippen LogP contribution in [-0.2, 0) is 11.2 Å². The number of nitrogens with zero attached hydrogens (tertiary/aromatic N) is 1. The Bertz CT molecular complexity index is 991. The molecule has 1 saturated heterocycles. The molecule has 34 heavy (non-hydrogen) atoms. The second-order valence-electron chi connectivity index (χ2n) is 10.5. The van der Waals surface area contributed by atoms with E-state index in [9.17, 15) is 9.59 Å². The Hall–Kier alpha value is -2.70. The molecule has 2 aromatic carbocycles. The van der Waals surface area contributed by atoms with E-state index in [0.717, 1.165) is 19.3 Å². The van der Waals surface area contributed by atoms with Crippen molar-refractivity contribution in [1.29, 1.82) is 0 Å². The number of hydrogen-bond donors (Lipinski definition) is 2. The highest BCUT2D eigenvalue weighted by atomic mass is 16.5. The van der Waals surface area contributed by atoms with Crippen molar-refractivity contribution in [2.24, 2.45) is 5.73 Å². The molecular weight excluding hydrogens is 426 g/mol. The Morgan fingerprint density at radius 1 is 1.12 bits per heavy atom. The van der Waals surface area contributed by atoms with Crippen LogP contribution in [0.25, 0.3) is 0 Å². The number of carbonyl (C=O) groups excluding carboxylic acids is 2. The smallest absolute Gasteiger partial charge is 0.239 e. The van der Waals surface area contributed by atoms with E-state index in [-0.39, 0.29) is 17.7 Å². The van der Waals surface area contributed by atoms with Crippen LogP contribution < -0.4 is 15.8 Å². The van der Waals surface area contributed by atoms with Gasteiger partial charge in [-0.25, -0.2) is 0 Å². The van der Waals surface area contributed by atoms with Crippen molar-refractivity contribution in [1.82, 2.24) is 10.2 Å². The van der Waals surface area contributed by atoms with Crippen LogP contribution in [0.1, 0.15) is 61.9 Å². The highest BCUT2D eigenvalue weighted by Gasteiger charge is 2.44. The normalized spacial score (nSPS) is 18.3. The standard InChI is InChI=1S/C28H37N3O3/c1-27(2,29)20-30-23(13-8-11-21-9-4-3-5-10-21)26(33)31-17-15-28(16-18-31)19-24(32)22-12-6-7-14-25(22)34-28/h3-7,9-10,12,14,23,30H,8,11,13,15-20,29H2,1-2H3/t23-/m1/s1. The molecule has 0 bridgehead atoms. The third-order valence-electron chi connectivity index (χ3n) is 6.89. The molecule has 1 fully saturated rings. The molecule has 2 aliphatic rings. The maximum absolute atomic E-state index is 13.5. The van der Waals surface area contributed by atoms with Crippen molar-refractivity contribution in [2.75, 3.05) is 19.6 Å². The number of piperidine rings is 1. The molecule has 0 saturated carbocycles. The van der Waals surface area contributed by atoms with Gasteiger partial charge < -0.3 is 20.7 Å². The monoisotopic (exact) mass is 463 g/mol. The summed E-state index contributed by atoms with van der Waals surface area (Å²) in [6, 6.07) is 17.6. The number of para-hydroxylation sites is 1. The zero-order valence-corrected chi connectivity index (χ0v) is 20.4. The summed E-state index contributed by atoms with van der Waals surface area (Å²) in [7, 11) is 0. The van der Waals surface area contributed by atoms with Gasteiger partial charge in [0.1, 0.15) is 11.4 Å². The SMILES string of the molecule is CC(C)(N)CN[C@H](CCCc1ccccc1)C(=O)N1CCC2(CC1)CC(=O)c1ccccc1O2. The van der Waals surface area contributed by atoms with Gasteiger partial charge in [0, 0.05) is 38.0 Å². The fourth-order valence-corrected chi connectivity index (χ4v) is 4.93. The van der Waals surface area contributed by atoms with Crippen LogP contribution in [0, 0.1) is 0 Å². The minimum Gasteiger partial charge on any atom is -0.486 e. The minimum atomic E-state index is -0.502. The third kappa shape index (κ3) is 6.05. The molecule has 2 aromatic rings. The van der Waals surface area contributed by atoms with Crippen LogP contribution >= 0.6 is 0 Å². The quantitative estimate of drug-likeness (QED) is 0.623. The fourth-order valence-electron chi connectivity index (χ4n) is 4.93. The van der Waals surface area contributed by atoms with E-state index in [0.29, 0.717) is 50.2 Å². The summed E-state index contributed by atoms with van der Waals surface area (Å²) in [5, 5.41) is 3.43. The lowest BCUT2D eigenvalue weighted by atomic mass is 9.82. The molecule has 2 aliphatic heterocycles. The molecule has 3 N–H and O–H groups in total. The summed E-state index contributed by atoms with van der Waals surface area (Å²) in [6.45, 7) is 5.69. The number of benzene rings is 2. The van der Waals surface area contributed by atoms with Gasteiger partial charge in [0.25, 0.3) is 0 Å². The van der Waals surface area contributed by atoms with Crippen LogP contribution in [0.5, 0.6) is 5.75 Å². The van der Waals surface area contributed by atoms with Crippen molar-refractivity contribution in [2.45, 2.75) is 69.6 Å². The van der Waals surface area contributed by atoms with Crippen molar-refractivity contribution in [3.8, 4) is 5.75 Å². The first-order valence-corrected chi connectivity index (χ1v) is 12.4. The van der Waals surface area contributed by atoms with E-state index in [4.69, 9.17) is 10.5 Å². The highest BCUT2D eigenvalue weighted by molar-refractivity contribution is 6.00. The molecule has 6 heteroatoms. The van der Waals surface area contributed by atoms with E-state index >= 15 is 0 Å². The van der Waals surface area contributed by atoms with E-state index in [1.165, 1.54) is 5.56 Å². The van der Waals surface area contributed by atoms with Gasteiger partial charge in [-0.15, -0.1) is 0 Å². The summed E-state index contributed by atoms with van der Waals surface area (Å²) in [5.74, 6) is 0.922. The number of aryl methyl sites for hydroxylation is 1. The predicted octanol–water partition coefficient (Wildman–Crippen LogP) is 3.73. The molecule has 1 spiro atoms. The number of rotatable bonds is 8. The highest BCUT2D eigenvalue weighted by Crippen LogP contribution is 2.39. The van der Waals surface area contributed by atoms with Crippen LogP contribution in [0.3, 0.4) is 0 Å². The van der Waals surface area contributed by atoms with Crippen molar-refractivity contribution >= 4 is 11.7 Å². The van der Waals surface area contributed by atoms with Crippen molar-refractivity contribution < 1.29 is 14.3 Å². The first kappa shape index (κ1) is 24.4. The molecule has 0 aliphatic carbocycles. The summed E-state index contributed by atoms with van der Waals surface area (Å²) in [6.07, 6.45) is 4.33. The number of carbonyl (C=O) groups is 2. The topological polar surface area (TPSA) is 84.7 Å². The number of fused-ring (bicyclic) bond motifs is 1. The predicted molar refractivity (Wildman–Crippen MR) is 134 cm³/mol. The summed E-state index contributed by atoms with van der Waals surface area (Å²) < 4.78 is 6.33. The molecule has 0 radical (unpaired) electrons. The molecule has 182 valence electrons. The van der Waals surface area contributed by atoms with Gasteiger partial charge in [-0.2, -0.15) is 0 Å². The van der Waals surface area contributed by atoms with Gasteiger partial charge >= 0.3 is 0 Å². The number of nitrogens with two attached hydrogens (primary N) is 1. The Morgan fingerprint density at radius 3 is 2.50 bits per heavy atom. The van der Waals surface area contributed by atoms with Gasteiger partial charge in [0.05, 0.1) is 18.0 Å². The number of ether oxygens (including phenoxy) is 1. The zero-order valence-electron chi connectivity index (χ0n) is 20.4. The third-order valence-corrected chi connectivity index (χ3v) is 6.89. The lowest BCUT2D eigenvalue weighted by Gasteiger charge is -2.44. The number of nitrogens with one attached hydrogen (secondary N) is 1. The van der Waals surface area contributed by atoms with Crippen LogP contribution in [-0.4, -0.2) is 53.4 Å². The van der Waals surface area contributed by atoms with Gasteiger partial charge in [0.15, 0.2) is 5.78 Å². The molecule has 0 aromatic heterocycles. The average Bonchev–Trinajstić information content (AvgIpc) is 2.81. The first-order chi connectivity index (χ1) is 16.2. The second kappa shape index (κ2) is 10.3. The summed E-state index contributed by atoms with van der Waals surface area (Å²) in [5.41, 5.74) is 7.24. The van der Waals surface area contributed by atoms with Crippen molar-refractivity contribution in [3.63, 3.8) is 0 Å². The second-order valence-corrected chi connectivity index (χ2v) is 10.5. The first-order valence-electron chi connectivity index (χ1n) is 12.4. The zero-order chi connectivity index (χ0) is 24.2. The molecule has 4 rings (SSSR count). The minimum absolute atomic E-state index is 0.120. The number of Topliss-reactive ketones (excluding diaryl/α,β-unsaturated/α-hetero) is 1. The number of ketones is 1. The Kier molecular flexibility index (Phi) is 7.39. The number of likely N-dealkylation sites (tertiary alicyclic amines) is 1. The Balaban J connectivity index is 1.37. The van der Waals surface area contributed by atoms with Gasteiger partial charge in [-0.05, 0) is 50.8 Å². The van der Waals surface area contributed by atoms with E-state index in [2.05, 4.69) is 17.4 Å². The number of amides is 1. The van der Waals surface area contributed by atoms with E-state index < -0.39 is 11.1 Å². The maximum atomic E-state index is 13.5. The summed E-state index contributed by atoms with van der Waals surface area (Å²) in [4.78, 5) is 28.2. The fraction of sp³-hybridized carbons (Fsp3) is 0.500. The average molecular weight is 464 g/mol.